The molecular formula is C14H26N2O3. The second-order valence-electron chi connectivity index (χ2n) is 5.46. The van der Waals surface area contributed by atoms with Gasteiger partial charge in [-0.2, -0.15) is 0 Å². The number of ether oxygens (including phenoxy) is 1. The van der Waals surface area contributed by atoms with Gasteiger partial charge in [-0.05, 0) is 52.9 Å². The number of esters is 1. The average molecular weight is 270 g/mol. The minimum absolute atomic E-state index is 0.0612. The van der Waals surface area contributed by atoms with Gasteiger partial charge >= 0.3 is 5.97 Å². The van der Waals surface area contributed by atoms with Crippen molar-refractivity contribution in [3.05, 3.63) is 0 Å². The van der Waals surface area contributed by atoms with Crippen LogP contribution in [0.5, 0.6) is 0 Å². The Kier molecular flexibility index (Phi) is 7.02. The first-order valence-electron chi connectivity index (χ1n) is 7.05. The van der Waals surface area contributed by atoms with Gasteiger partial charge in [0.1, 0.15) is 6.42 Å². The van der Waals surface area contributed by atoms with Crippen molar-refractivity contribution in [1.82, 2.24) is 9.80 Å². The lowest BCUT2D eigenvalue weighted by atomic mass is 9.96. The zero-order chi connectivity index (χ0) is 14.3. The zero-order valence-corrected chi connectivity index (χ0v) is 12.4. The zero-order valence-electron chi connectivity index (χ0n) is 12.4. The highest BCUT2D eigenvalue weighted by Crippen LogP contribution is 2.16. The molecule has 1 saturated heterocycles. The molecular weight excluding hydrogens is 244 g/mol. The van der Waals surface area contributed by atoms with Crippen LogP contribution >= 0.6 is 0 Å². The van der Waals surface area contributed by atoms with Gasteiger partial charge in [-0.15, -0.1) is 0 Å². The van der Waals surface area contributed by atoms with Gasteiger partial charge < -0.3 is 9.64 Å². The lowest BCUT2D eigenvalue weighted by molar-refractivity contribution is -0.145. The van der Waals surface area contributed by atoms with Crippen LogP contribution in [0.3, 0.4) is 0 Å². The van der Waals surface area contributed by atoms with Crippen molar-refractivity contribution < 1.29 is 14.3 Å². The van der Waals surface area contributed by atoms with Crippen molar-refractivity contribution in [2.24, 2.45) is 5.92 Å². The van der Waals surface area contributed by atoms with Crippen LogP contribution in [0.4, 0.5) is 0 Å². The third-order valence-corrected chi connectivity index (χ3v) is 3.50. The van der Waals surface area contributed by atoms with E-state index in [9.17, 15) is 9.59 Å². The fourth-order valence-electron chi connectivity index (χ4n) is 2.48. The largest absolute Gasteiger partial charge is 0.466 e. The number of hydrogen-bond donors (Lipinski definition) is 0. The Labute approximate surface area is 115 Å². The molecule has 0 aliphatic carbocycles. The quantitative estimate of drug-likeness (QED) is 0.505. The first kappa shape index (κ1) is 16.1. The minimum Gasteiger partial charge on any atom is -0.466 e. The molecule has 0 aromatic heterocycles. The summed E-state index contributed by atoms with van der Waals surface area (Å²) in [4.78, 5) is 27.2. The summed E-state index contributed by atoms with van der Waals surface area (Å²) in [6, 6.07) is 0. The number of likely N-dealkylation sites (N-methyl/N-ethyl adjacent to an activating group) is 1. The molecule has 0 amide bonds. The van der Waals surface area contributed by atoms with E-state index >= 15 is 0 Å². The molecule has 0 atom stereocenters. The number of carbonyl (C=O) groups is 2. The van der Waals surface area contributed by atoms with E-state index in [2.05, 4.69) is 11.9 Å². The van der Waals surface area contributed by atoms with E-state index in [1.54, 1.807) is 6.92 Å². The van der Waals surface area contributed by atoms with Crippen LogP contribution in [-0.4, -0.2) is 68.4 Å². The molecule has 0 spiro atoms. The van der Waals surface area contributed by atoms with Crippen LogP contribution in [0.1, 0.15) is 26.2 Å². The Hall–Kier alpha value is -0.940. The summed E-state index contributed by atoms with van der Waals surface area (Å²) in [5.41, 5.74) is 0. The number of ketones is 1. The number of likely N-dealkylation sites (tertiary alicyclic amines) is 1. The van der Waals surface area contributed by atoms with E-state index in [4.69, 9.17) is 4.74 Å². The van der Waals surface area contributed by atoms with Crippen molar-refractivity contribution in [2.45, 2.75) is 26.2 Å². The highest BCUT2D eigenvalue weighted by atomic mass is 16.5. The number of carbonyl (C=O) groups excluding carboxylic acids is 2. The molecule has 1 aliphatic rings. The number of piperidine rings is 1. The van der Waals surface area contributed by atoms with Gasteiger partial charge in [-0.25, -0.2) is 0 Å². The molecule has 0 aromatic carbocycles. The summed E-state index contributed by atoms with van der Waals surface area (Å²) in [5, 5.41) is 0. The molecule has 5 heteroatoms. The first-order valence-corrected chi connectivity index (χ1v) is 7.05. The van der Waals surface area contributed by atoms with Crippen LogP contribution in [0.15, 0.2) is 0 Å². The van der Waals surface area contributed by atoms with Gasteiger partial charge in [0.2, 0.25) is 0 Å². The van der Waals surface area contributed by atoms with Crippen molar-refractivity contribution in [3.8, 4) is 0 Å². The third kappa shape index (κ3) is 6.68. The summed E-state index contributed by atoms with van der Waals surface area (Å²) in [7, 11) is 4.09. The first-order chi connectivity index (χ1) is 9.01. The lowest BCUT2D eigenvalue weighted by Crippen LogP contribution is -2.37. The molecule has 0 saturated carbocycles. The Morgan fingerprint density at radius 2 is 1.95 bits per heavy atom. The van der Waals surface area contributed by atoms with Crippen molar-refractivity contribution in [2.75, 3.05) is 46.9 Å². The topological polar surface area (TPSA) is 49.9 Å². The molecule has 19 heavy (non-hydrogen) atoms. The highest BCUT2D eigenvalue weighted by Gasteiger charge is 2.19. The molecule has 1 rings (SSSR count). The van der Waals surface area contributed by atoms with E-state index < -0.39 is 5.97 Å². The van der Waals surface area contributed by atoms with Gasteiger partial charge in [0.15, 0.2) is 5.78 Å². The second kappa shape index (κ2) is 8.27. The number of nitrogens with zero attached hydrogens (tertiary/aromatic N) is 2. The van der Waals surface area contributed by atoms with Crippen LogP contribution < -0.4 is 0 Å². The SMILES string of the molecule is CCOC(=O)CC(=O)CN(C)CC1CCN(C)CC1. The monoisotopic (exact) mass is 270 g/mol. The maximum atomic E-state index is 11.7. The van der Waals surface area contributed by atoms with Crippen molar-refractivity contribution >= 4 is 11.8 Å². The molecule has 0 N–H and O–H groups in total. The fraction of sp³-hybridized carbons (Fsp3) is 0.857. The van der Waals surface area contributed by atoms with E-state index in [-0.39, 0.29) is 12.2 Å². The molecule has 0 unspecified atom stereocenters. The highest BCUT2D eigenvalue weighted by molar-refractivity contribution is 5.96. The molecule has 0 bridgehead atoms. The molecule has 1 aliphatic heterocycles. The van der Waals surface area contributed by atoms with E-state index in [0.29, 0.717) is 19.1 Å². The van der Waals surface area contributed by atoms with Crippen LogP contribution in [-0.2, 0) is 14.3 Å². The number of Topliss-reactive ketones (excluding diaryl/α,β-unsaturated/α-hetero) is 1. The molecule has 110 valence electrons. The summed E-state index contributed by atoms with van der Waals surface area (Å²) in [6.45, 7) is 5.62. The Balaban J connectivity index is 2.21. The Morgan fingerprint density at radius 1 is 1.32 bits per heavy atom. The van der Waals surface area contributed by atoms with E-state index in [1.165, 1.54) is 12.8 Å². The van der Waals surface area contributed by atoms with Crippen molar-refractivity contribution in [3.63, 3.8) is 0 Å². The van der Waals surface area contributed by atoms with Crippen LogP contribution in [0.25, 0.3) is 0 Å². The van der Waals surface area contributed by atoms with Gasteiger partial charge in [0.25, 0.3) is 0 Å². The molecule has 0 radical (unpaired) electrons. The van der Waals surface area contributed by atoms with Gasteiger partial charge in [-0.3, -0.25) is 14.5 Å². The maximum Gasteiger partial charge on any atom is 0.313 e. The Morgan fingerprint density at radius 3 is 2.53 bits per heavy atom. The predicted molar refractivity (Wildman–Crippen MR) is 74.0 cm³/mol. The van der Waals surface area contributed by atoms with Crippen LogP contribution in [0, 0.1) is 5.92 Å². The molecule has 0 aromatic rings. The minimum atomic E-state index is -0.416. The maximum absolute atomic E-state index is 11.7. The van der Waals surface area contributed by atoms with Crippen LogP contribution in [0.2, 0.25) is 0 Å². The lowest BCUT2D eigenvalue weighted by Gasteiger charge is -2.31. The van der Waals surface area contributed by atoms with E-state index in [1.807, 2.05) is 11.9 Å². The van der Waals surface area contributed by atoms with Crippen molar-refractivity contribution in [1.29, 1.82) is 0 Å². The fourth-order valence-corrected chi connectivity index (χ4v) is 2.48. The van der Waals surface area contributed by atoms with E-state index in [0.717, 1.165) is 19.6 Å². The second-order valence-corrected chi connectivity index (χ2v) is 5.46. The summed E-state index contributed by atoms with van der Waals surface area (Å²) < 4.78 is 4.77. The van der Waals surface area contributed by atoms with Gasteiger partial charge in [-0.1, -0.05) is 0 Å². The summed E-state index contributed by atoms with van der Waals surface area (Å²) in [6.07, 6.45) is 2.27. The molecule has 5 nitrogen and oxygen atoms in total. The molecule has 1 heterocycles. The van der Waals surface area contributed by atoms with Gasteiger partial charge in [0.05, 0.1) is 13.2 Å². The number of hydrogen-bond acceptors (Lipinski definition) is 5. The van der Waals surface area contributed by atoms with Gasteiger partial charge in [0, 0.05) is 6.54 Å². The normalized spacial score (nSPS) is 17.7. The Bertz CT molecular complexity index is 299. The predicted octanol–water partition coefficient (Wildman–Crippen LogP) is 0.782. The standard InChI is InChI=1S/C14H26N2O3/c1-4-19-14(18)9-13(17)11-16(3)10-12-5-7-15(2)8-6-12/h12H,4-11H2,1-3H3. The number of rotatable bonds is 7. The summed E-state index contributed by atoms with van der Waals surface area (Å²) in [5.74, 6) is 0.186. The smallest absolute Gasteiger partial charge is 0.313 e. The third-order valence-electron chi connectivity index (χ3n) is 3.50. The average Bonchev–Trinajstić information content (AvgIpc) is 2.32. The summed E-state index contributed by atoms with van der Waals surface area (Å²) >= 11 is 0. The molecule has 1 fully saturated rings.